The number of aromatic hydroxyl groups is 1. The number of rotatable bonds is 4. The first-order valence-corrected chi connectivity index (χ1v) is 7.71. The molecule has 0 fully saturated rings. The molecule has 0 spiro atoms. The number of thiophene rings is 1. The quantitative estimate of drug-likeness (QED) is 0.895. The van der Waals surface area contributed by atoms with Crippen molar-refractivity contribution in [2.45, 2.75) is 25.3 Å². The third kappa shape index (κ3) is 2.94. The third-order valence-electron chi connectivity index (χ3n) is 3.59. The Morgan fingerprint density at radius 1 is 1.32 bits per heavy atom. The molecule has 3 rings (SSSR count). The van der Waals surface area contributed by atoms with Crippen LogP contribution in [0.2, 0.25) is 4.34 Å². The maximum Gasteiger partial charge on any atom is 0.115 e. The lowest BCUT2D eigenvalue weighted by Gasteiger charge is -2.12. The number of hydrogen-bond acceptors (Lipinski definition) is 3. The van der Waals surface area contributed by atoms with Crippen molar-refractivity contribution in [3.05, 3.63) is 50.7 Å². The SMILES string of the molecule is Oc1ccc(CCNC2CCc3sc(Cl)cc32)cc1. The molecule has 19 heavy (non-hydrogen) atoms. The van der Waals surface area contributed by atoms with E-state index >= 15 is 0 Å². The number of aryl methyl sites for hydroxylation is 1. The van der Waals surface area contributed by atoms with E-state index in [0.29, 0.717) is 11.8 Å². The zero-order valence-electron chi connectivity index (χ0n) is 10.5. The molecular formula is C15H16ClNOS. The van der Waals surface area contributed by atoms with Gasteiger partial charge in [0.05, 0.1) is 4.34 Å². The number of halogens is 1. The summed E-state index contributed by atoms with van der Waals surface area (Å²) in [6.07, 6.45) is 3.29. The Morgan fingerprint density at radius 3 is 2.89 bits per heavy atom. The lowest BCUT2D eigenvalue weighted by molar-refractivity contribution is 0.475. The molecule has 2 aromatic rings. The minimum Gasteiger partial charge on any atom is -0.508 e. The first kappa shape index (κ1) is 13.0. The summed E-state index contributed by atoms with van der Waals surface area (Å²) in [5.41, 5.74) is 2.63. The number of phenolic OH excluding ortho intramolecular Hbond substituents is 1. The maximum absolute atomic E-state index is 9.24. The maximum atomic E-state index is 9.24. The van der Waals surface area contributed by atoms with Crippen molar-refractivity contribution < 1.29 is 5.11 Å². The molecule has 0 amide bonds. The van der Waals surface area contributed by atoms with Crippen LogP contribution in [-0.2, 0) is 12.8 Å². The largest absolute Gasteiger partial charge is 0.508 e. The summed E-state index contributed by atoms with van der Waals surface area (Å²) in [6.45, 7) is 0.947. The van der Waals surface area contributed by atoms with Gasteiger partial charge in [-0.1, -0.05) is 23.7 Å². The van der Waals surface area contributed by atoms with Gasteiger partial charge in [-0.3, -0.25) is 0 Å². The Morgan fingerprint density at radius 2 is 2.11 bits per heavy atom. The predicted molar refractivity (Wildman–Crippen MR) is 80.2 cm³/mol. The minimum absolute atomic E-state index is 0.324. The van der Waals surface area contributed by atoms with E-state index < -0.39 is 0 Å². The van der Waals surface area contributed by atoms with Crippen molar-refractivity contribution in [2.24, 2.45) is 0 Å². The first-order valence-electron chi connectivity index (χ1n) is 6.52. The van der Waals surface area contributed by atoms with Gasteiger partial charge in [0.2, 0.25) is 0 Å². The van der Waals surface area contributed by atoms with Gasteiger partial charge in [-0.2, -0.15) is 0 Å². The molecule has 2 N–H and O–H groups in total. The normalized spacial score (nSPS) is 17.6. The molecule has 1 aliphatic carbocycles. The molecule has 4 heteroatoms. The average molecular weight is 294 g/mol. The number of benzene rings is 1. The van der Waals surface area contributed by atoms with Crippen LogP contribution in [-0.4, -0.2) is 11.7 Å². The second-order valence-corrected chi connectivity index (χ2v) is 6.66. The molecule has 1 aromatic heterocycles. The monoisotopic (exact) mass is 293 g/mol. The Kier molecular flexibility index (Phi) is 3.78. The van der Waals surface area contributed by atoms with Crippen LogP contribution in [0.3, 0.4) is 0 Å². The lowest BCUT2D eigenvalue weighted by atomic mass is 10.1. The molecule has 0 saturated carbocycles. The molecule has 0 saturated heterocycles. The van der Waals surface area contributed by atoms with Gasteiger partial charge in [0.25, 0.3) is 0 Å². The zero-order chi connectivity index (χ0) is 13.2. The van der Waals surface area contributed by atoms with Crippen molar-refractivity contribution in [1.29, 1.82) is 0 Å². The Hall–Kier alpha value is -1.03. The highest BCUT2D eigenvalue weighted by atomic mass is 35.5. The van der Waals surface area contributed by atoms with Crippen LogP contribution in [0.1, 0.15) is 28.5 Å². The summed E-state index contributed by atoms with van der Waals surface area (Å²) in [6, 6.07) is 9.98. The molecular weight excluding hydrogens is 278 g/mol. The van der Waals surface area contributed by atoms with E-state index in [1.807, 2.05) is 12.1 Å². The molecule has 2 nitrogen and oxygen atoms in total. The second kappa shape index (κ2) is 5.53. The van der Waals surface area contributed by atoms with Crippen LogP contribution < -0.4 is 5.32 Å². The smallest absolute Gasteiger partial charge is 0.115 e. The van der Waals surface area contributed by atoms with Gasteiger partial charge < -0.3 is 10.4 Å². The number of phenols is 1. The molecule has 1 unspecified atom stereocenters. The summed E-state index contributed by atoms with van der Waals surface area (Å²) in [5.74, 6) is 0.324. The number of fused-ring (bicyclic) bond motifs is 1. The van der Waals surface area contributed by atoms with Crippen molar-refractivity contribution in [3.63, 3.8) is 0 Å². The molecule has 1 atom stereocenters. The van der Waals surface area contributed by atoms with Crippen LogP contribution in [0.4, 0.5) is 0 Å². The Balaban J connectivity index is 1.55. The fourth-order valence-electron chi connectivity index (χ4n) is 2.60. The van der Waals surface area contributed by atoms with Crippen LogP contribution in [0, 0.1) is 0 Å². The topological polar surface area (TPSA) is 32.3 Å². The molecule has 1 aliphatic rings. The second-order valence-electron chi connectivity index (χ2n) is 4.89. The van der Waals surface area contributed by atoms with E-state index in [0.717, 1.165) is 23.7 Å². The summed E-state index contributed by atoms with van der Waals surface area (Å²) < 4.78 is 0.898. The summed E-state index contributed by atoms with van der Waals surface area (Å²) in [4.78, 5) is 1.44. The Bertz CT molecular complexity index is 564. The summed E-state index contributed by atoms with van der Waals surface area (Å²) in [5, 5.41) is 12.8. The molecule has 0 bridgehead atoms. The van der Waals surface area contributed by atoms with E-state index in [1.54, 1.807) is 23.5 Å². The van der Waals surface area contributed by atoms with Crippen molar-refractivity contribution in [2.75, 3.05) is 6.54 Å². The highest BCUT2D eigenvalue weighted by molar-refractivity contribution is 7.16. The van der Waals surface area contributed by atoms with Crippen LogP contribution >= 0.6 is 22.9 Å². The lowest BCUT2D eigenvalue weighted by Crippen LogP contribution is -2.21. The van der Waals surface area contributed by atoms with Crippen LogP contribution in [0.25, 0.3) is 0 Å². The van der Waals surface area contributed by atoms with Crippen molar-refractivity contribution >= 4 is 22.9 Å². The third-order valence-corrected chi connectivity index (χ3v) is 4.93. The van der Waals surface area contributed by atoms with Crippen LogP contribution in [0.15, 0.2) is 30.3 Å². The zero-order valence-corrected chi connectivity index (χ0v) is 12.1. The van der Waals surface area contributed by atoms with Gasteiger partial charge >= 0.3 is 0 Å². The van der Waals surface area contributed by atoms with Gasteiger partial charge in [0, 0.05) is 10.9 Å². The van der Waals surface area contributed by atoms with Gasteiger partial charge in [0.1, 0.15) is 5.75 Å². The van der Waals surface area contributed by atoms with Crippen molar-refractivity contribution in [1.82, 2.24) is 5.32 Å². The van der Waals surface area contributed by atoms with Gasteiger partial charge in [-0.05, 0) is 55.1 Å². The molecule has 0 radical (unpaired) electrons. The van der Waals surface area contributed by atoms with E-state index in [1.165, 1.54) is 22.4 Å². The van der Waals surface area contributed by atoms with Crippen molar-refractivity contribution in [3.8, 4) is 5.75 Å². The molecule has 100 valence electrons. The van der Waals surface area contributed by atoms with Gasteiger partial charge in [-0.15, -0.1) is 11.3 Å². The van der Waals surface area contributed by atoms with Gasteiger partial charge in [0.15, 0.2) is 0 Å². The first-order chi connectivity index (χ1) is 9.22. The minimum atomic E-state index is 0.324. The Labute approximate surface area is 122 Å². The van der Waals surface area contributed by atoms with E-state index in [2.05, 4.69) is 11.4 Å². The van der Waals surface area contributed by atoms with E-state index in [4.69, 9.17) is 11.6 Å². The van der Waals surface area contributed by atoms with Gasteiger partial charge in [-0.25, -0.2) is 0 Å². The fourth-order valence-corrected chi connectivity index (χ4v) is 3.95. The number of nitrogens with one attached hydrogen (secondary N) is 1. The van der Waals surface area contributed by atoms with E-state index in [-0.39, 0.29) is 0 Å². The standard InChI is InChI=1S/C15H16ClNOS/c16-15-9-12-13(5-6-14(12)19-15)17-8-7-10-1-3-11(18)4-2-10/h1-4,9,13,17-18H,5-8H2. The van der Waals surface area contributed by atoms with Crippen LogP contribution in [0.5, 0.6) is 5.75 Å². The molecule has 1 heterocycles. The average Bonchev–Trinajstić information content (AvgIpc) is 2.92. The molecule has 1 aromatic carbocycles. The van der Waals surface area contributed by atoms with E-state index in [9.17, 15) is 5.11 Å². The highest BCUT2D eigenvalue weighted by Crippen LogP contribution is 2.39. The predicted octanol–water partition coefficient (Wildman–Crippen LogP) is 3.93. The number of hydrogen-bond donors (Lipinski definition) is 2. The highest BCUT2D eigenvalue weighted by Gasteiger charge is 2.24. The fraction of sp³-hybridized carbons (Fsp3) is 0.333. The summed E-state index contributed by atoms with van der Waals surface area (Å²) in [7, 11) is 0. The molecule has 0 aliphatic heterocycles. The summed E-state index contributed by atoms with van der Waals surface area (Å²) >= 11 is 7.77.